The van der Waals surface area contributed by atoms with E-state index in [1.54, 1.807) is 0 Å². The van der Waals surface area contributed by atoms with E-state index >= 15 is 0 Å². The van der Waals surface area contributed by atoms with Gasteiger partial charge in [-0.15, -0.1) is 12.4 Å². The van der Waals surface area contributed by atoms with Gasteiger partial charge in [-0.1, -0.05) is 31.5 Å². The van der Waals surface area contributed by atoms with E-state index in [-0.39, 0.29) is 12.4 Å². The van der Waals surface area contributed by atoms with Crippen LogP contribution in [0.25, 0.3) is 0 Å². The van der Waals surface area contributed by atoms with Crippen LogP contribution in [0, 0.1) is 5.92 Å². The van der Waals surface area contributed by atoms with Gasteiger partial charge in [-0.25, -0.2) is 0 Å². The number of ether oxygens (including phenoxy) is 1. The Bertz CT molecular complexity index is 390. The predicted molar refractivity (Wildman–Crippen MR) is 83.9 cm³/mol. The third kappa shape index (κ3) is 4.87. The van der Waals surface area contributed by atoms with E-state index < -0.39 is 0 Å². The van der Waals surface area contributed by atoms with E-state index in [1.165, 1.54) is 18.4 Å². The van der Waals surface area contributed by atoms with Crippen molar-refractivity contribution >= 4 is 24.0 Å². The van der Waals surface area contributed by atoms with Gasteiger partial charge in [0.05, 0.1) is 11.6 Å². The highest BCUT2D eigenvalue weighted by atomic mass is 35.5. The number of piperidine rings is 1. The van der Waals surface area contributed by atoms with Crippen molar-refractivity contribution in [1.29, 1.82) is 0 Å². The van der Waals surface area contributed by atoms with Crippen LogP contribution in [-0.4, -0.2) is 19.7 Å². The van der Waals surface area contributed by atoms with Crippen molar-refractivity contribution in [2.45, 2.75) is 32.6 Å². The molecule has 1 aromatic carbocycles. The van der Waals surface area contributed by atoms with Gasteiger partial charge >= 0.3 is 0 Å². The molecule has 1 aliphatic rings. The smallest absolute Gasteiger partial charge is 0.137 e. The first-order valence-electron chi connectivity index (χ1n) is 6.80. The Hall–Kier alpha value is -0.440. The topological polar surface area (TPSA) is 21.3 Å². The molecule has 1 fully saturated rings. The molecule has 0 bridgehead atoms. The summed E-state index contributed by atoms with van der Waals surface area (Å²) in [6.45, 7) is 7.29. The van der Waals surface area contributed by atoms with Gasteiger partial charge in [-0.05, 0) is 43.0 Å². The Kier molecular flexibility index (Phi) is 6.98. The minimum atomic E-state index is 0. The summed E-state index contributed by atoms with van der Waals surface area (Å²) in [5, 5.41) is 4.12. The number of rotatable bonds is 4. The first kappa shape index (κ1) is 16.6. The summed E-state index contributed by atoms with van der Waals surface area (Å²) >= 11 is 6.25. The molecule has 19 heavy (non-hydrogen) atoms. The van der Waals surface area contributed by atoms with Gasteiger partial charge in [0.2, 0.25) is 0 Å². The van der Waals surface area contributed by atoms with E-state index in [0.29, 0.717) is 11.8 Å². The Morgan fingerprint density at radius 3 is 2.79 bits per heavy atom. The molecule has 0 spiro atoms. The second-order valence-corrected chi connectivity index (χ2v) is 5.78. The second kappa shape index (κ2) is 7.98. The Labute approximate surface area is 127 Å². The molecule has 1 N–H and O–H groups in total. The Morgan fingerprint density at radius 2 is 2.21 bits per heavy atom. The zero-order valence-corrected chi connectivity index (χ0v) is 13.2. The lowest BCUT2D eigenvalue weighted by molar-refractivity contribution is 0.218. The van der Waals surface area contributed by atoms with Gasteiger partial charge in [-0.3, -0.25) is 0 Å². The maximum Gasteiger partial charge on any atom is 0.137 e. The summed E-state index contributed by atoms with van der Waals surface area (Å²) in [5.74, 6) is 1.92. The minimum absolute atomic E-state index is 0. The normalized spacial score (nSPS) is 19.1. The Morgan fingerprint density at radius 1 is 1.42 bits per heavy atom. The SMILES string of the molecule is CC(C)c1ccc(OCC2CCCNC2)c(Cl)c1.Cl. The van der Waals surface area contributed by atoms with Crippen molar-refractivity contribution in [3.05, 3.63) is 28.8 Å². The highest BCUT2D eigenvalue weighted by molar-refractivity contribution is 6.32. The molecule has 2 nitrogen and oxygen atoms in total. The molecule has 108 valence electrons. The van der Waals surface area contributed by atoms with Crippen molar-refractivity contribution in [2.75, 3.05) is 19.7 Å². The van der Waals surface area contributed by atoms with E-state index in [4.69, 9.17) is 16.3 Å². The lowest BCUT2D eigenvalue weighted by Gasteiger charge is -2.23. The van der Waals surface area contributed by atoms with Crippen molar-refractivity contribution in [3.63, 3.8) is 0 Å². The summed E-state index contributed by atoms with van der Waals surface area (Å²) in [6, 6.07) is 6.11. The predicted octanol–water partition coefficient (Wildman–Crippen LogP) is 4.26. The lowest BCUT2D eigenvalue weighted by atomic mass is 10.0. The zero-order valence-electron chi connectivity index (χ0n) is 11.6. The van der Waals surface area contributed by atoms with Crippen LogP contribution in [0.1, 0.15) is 38.2 Å². The van der Waals surface area contributed by atoms with Crippen LogP contribution in [0.15, 0.2) is 18.2 Å². The molecule has 0 aromatic heterocycles. The van der Waals surface area contributed by atoms with Crippen molar-refractivity contribution in [1.82, 2.24) is 5.32 Å². The van der Waals surface area contributed by atoms with E-state index in [1.807, 2.05) is 12.1 Å². The summed E-state index contributed by atoms with van der Waals surface area (Å²) in [5.41, 5.74) is 1.26. The Balaban J connectivity index is 0.00000180. The minimum Gasteiger partial charge on any atom is -0.492 e. The number of benzene rings is 1. The molecule has 0 amide bonds. The average Bonchev–Trinajstić information content (AvgIpc) is 2.38. The van der Waals surface area contributed by atoms with Gasteiger partial charge in [0.25, 0.3) is 0 Å². The molecule has 1 heterocycles. The third-order valence-electron chi connectivity index (χ3n) is 3.50. The van der Waals surface area contributed by atoms with E-state index in [2.05, 4.69) is 25.2 Å². The number of hydrogen-bond donors (Lipinski definition) is 1. The van der Waals surface area contributed by atoms with Crippen LogP contribution in [-0.2, 0) is 0 Å². The van der Waals surface area contributed by atoms with E-state index in [9.17, 15) is 0 Å². The summed E-state index contributed by atoms with van der Waals surface area (Å²) in [4.78, 5) is 0. The molecular formula is C15H23Cl2NO. The molecule has 1 atom stereocenters. The average molecular weight is 304 g/mol. The number of nitrogens with one attached hydrogen (secondary N) is 1. The lowest BCUT2D eigenvalue weighted by Crippen LogP contribution is -2.33. The first-order valence-corrected chi connectivity index (χ1v) is 7.17. The summed E-state index contributed by atoms with van der Waals surface area (Å²) < 4.78 is 5.84. The van der Waals surface area contributed by atoms with Crippen LogP contribution in [0.5, 0.6) is 5.75 Å². The quantitative estimate of drug-likeness (QED) is 0.897. The van der Waals surface area contributed by atoms with Crippen LogP contribution in [0.2, 0.25) is 5.02 Å². The fourth-order valence-corrected chi connectivity index (χ4v) is 2.51. The highest BCUT2D eigenvalue weighted by Gasteiger charge is 2.14. The maximum absolute atomic E-state index is 6.25. The standard InChI is InChI=1S/C15H22ClNO.ClH/c1-11(2)13-5-6-15(14(16)8-13)18-10-12-4-3-7-17-9-12;/h5-6,8,11-12,17H,3-4,7,9-10H2,1-2H3;1H. The molecule has 1 unspecified atom stereocenters. The van der Waals surface area contributed by atoms with Crippen LogP contribution in [0.3, 0.4) is 0 Å². The van der Waals surface area contributed by atoms with Gasteiger partial charge in [0.15, 0.2) is 0 Å². The van der Waals surface area contributed by atoms with Gasteiger partial charge in [0.1, 0.15) is 5.75 Å². The van der Waals surface area contributed by atoms with Crippen LogP contribution in [0.4, 0.5) is 0 Å². The molecular weight excluding hydrogens is 281 g/mol. The van der Waals surface area contributed by atoms with Gasteiger partial charge in [-0.2, -0.15) is 0 Å². The molecule has 0 saturated carbocycles. The molecule has 2 rings (SSSR count). The largest absolute Gasteiger partial charge is 0.492 e. The van der Waals surface area contributed by atoms with Crippen LogP contribution < -0.4 is 10.1 Å². The number of halogens is 2. The van der Waals surface area contributed by atoms with Gasteiger partial charge in [0, 0.05) is 12.5 Å². The van der Waals surface area contributed by atoms with E-state index in [0.717, 1.165) is 30.5 Å². The van der Waals surface area contributed by atoms with Crippen molar-refractivity contribution < 1.29 is 4.74 Å². The van der Waals surface area contributed by atoms with Crippen molar-refractivity contribution in [2.24, 2.45) is 5.92 Å². The first-order chi connectivity index (χ1) is 8.66. The fraction of sp³-hybridized carbons (Fsp3) is 0.600. The monoisotopic (exact) mass is 303 g/mol. The molecule has 0 radical (unpaired) electrons. The third-order valence-corrected chi connectivity index (χ3v) is 3.79. The second-order valence-electron chi connectivity index (χ2n) is 5.37. The fourth-order valence-electron chi connectivity index (χ4n) is 2.27. The molecule has 0 aliphatic carbocycles. The summed E-state index contributed by atoms with van der Waals surface area (Å²) in [7, 11) is 0. The van der Waals surface area contributed by atoms with Crippen LogP contribution >= 0.6 is 24.0 Å². The zero-order chi connectivity index (χ0) is 13.0. The molecule has 1 aromatic rings. The molecule has 1 saturated heterocycles. The molecule has 1 aliphatic heterocycles. The number of hydrogen-bond acceptors (Lipinski definition) is 2. The maximum atomic E-state index is 6.25. The highest BCUT2D eigenvalue weighted by Crippen LogP contribution is 2.29. The van der Waals surface area contributed by atoms with Crippen molar-refractivity contribution in [3.8, 4) is 5.75 Å². The molecule has 4 heteroatoms. The summed E-state index contributed by atoms with van der Waals surface area (Å²) in [6.07, 6.45) is 2.49. The van der Waals surface area contributed by atoms with Gasteiger partial charge < -0.3 is 10.1 Å².